The minimum absolute atomic E-state index is 0.128. The SMILES string of the molecule is CC(C)(C)OC(=O)N1CCCC1c1ncc(-c2ccc(-c3cccc4c(-c5cnc([C@H]6CCCN6C(=O)OC(C)(C)C)[nH]5)cccc34)s2)[nH]1. The second-order valence-corrected chi connectivity index (χ2v) is 16.0. The first kappa shape index (κ1) is 32.9. The quantitative estimate of drug-likeness (QED) is 0.191. The average molecular weight is 681 g/mol. The smallest absolute Gasteiger partial charge is 0.410 e. The maximum absolute atomic E-state index is 12.9. The fourth-order valence-corrected chi connectivity index (χ4v) is 7.85. The van der Waals surface area contributed by atoms with E-state index in [9.17, 15) is 9.59 Å². The molecule has 2 fully saturated rings. The molecule has 2 aromatic carbocycles. The topological polar surface area (TPSA) is 116 Å². The van der Waals surface area contributed by atoms with Crippen molar-refractivity contribution in [3.05, 3.63) is 72.6 Å². The number of ether oxygens (including phenoxy) is 2. The van der Waals surface area contributed by atoms with Gasteiger partial charge in [0.05, 0.1) is 40.7 Å². The normalized spacial score (nSPS) is 18.4. The molecule has 10 nitrogen and oxygen atoms in total. The Morgan fingerprint density at radius 2 is 1.18 bits per heavy atom. The molecule has 2 amide bonds. The number of aromatic nitrogens is 4. The van der Waals surface area contributed by atoms with Crippen LogP contribution in [0.5, 0.6) is 0 Å². The van der Waals surface area contributed by atoms with Crippen molar-refractivity contribution in [2.24, 2.45) is 0 Å². The highest BCUT2D eigenvalue weighted by atomic mass is 32.1. The number of thiophene rings is 1. The van der Waals surface area contributed by atoms with Crippen molar-refractivity contribution in [3.63, 3.8) is 0 Å². The summed E-state index contributed by atoms with van der Waals surface area (Å²) in [5.74, 6) is 1.56. The lowest BCUT2D eigenvalue weighted by molar-refractivity contribution is 0.0208. The molecule has 5 aromatic rings. The largest absolute Gasteiger partial charge is 0.444 e. The molecule has 1 unspecified atom stereocenters. The molecule has 5 heterocycles. The zero-order valence-corrected chi connectivity index (χ0v) is 29.8. The van der Waals surface area contributed by atoms with E-state index in [2.05, 4.69) is 58.5 Å². The third kappa shape index (κ3) is 6.81. The van der Waals surface area contributed by atoms with E-state index in [-0.39, 0.29) is 24.3 Å². The van der Waals surface area contributed by atoms with Gasteiger partial charge in [-0.25, -0.2) is 19.6 Å². The van der Waals surface area contributed by atoms with Gasteiger partial charge < -0.3 is 19.4 Å². The maximum Gasteiger partial charge on any atom is 0.410 e. The van der Waals surface area contributed by atoms with Crippen LogP contribution in [0.4, 0.5) is 9.59 Å². The van der Waals surface area contributed by atoms with Gasteiger partial charge >= 0.3 is 12.2 Å². The molecule has 0 spiro atoms. The minimum atomic E-state index is -0.551. The van der Waals surface area contributed by atoms with Crippen LogP contribution in [0.1, 0.15) is 91.0 Å². The number of rotatable bonds is 5. The molecule has 3 aromatic heterocycles. The van der Waals surface area contributed by atoms with Gasteiger partial charge in [0.25, 0.3) is 0 Å². The molecule has 256 valence electrons. The number of carbonyl (C=O) groups excluding carboxylic acids is 2. The Kier molecular flexibility index (Phi) is 8.50. The molecule has 11 heteroatoms. The molecule has 7 rings (SSSR count). The van der Waals surface area contributed by atoms with Crippen LogP contribution < -0.4 is 0 Å². The monoisotopic (exact) mass is 680 g/mol. The van der Waals surface area contributed by atoms with Gasteiger partial charge in [-0.2, -0.15) is 0 Å². The second-order valence-electron chi connectivity index (χ2n) is 14.9. The van der Waals surface area contributed by atoms with Gasteiger partial charge in [-0.15, -0.1) is 11.3 Å². The van der Waals surface area contributed by atoms with Crippen molar-refractivity contribution < 1.29 is 19.1 Å². The van der Waals surface area contributed by atoms with E-state index in [0.29, 0.717) is 13.1 Å². The van der Waals surface area contributed by atoms with Crippen LogP contribution in [-0.4, -0.2) is 66.2 Å². The van der Waals surface area contributed by atoms with Crippen molar-refractivity contribution in [3.8, 4) is 32.3 Å². The molecule has 49 heavy (non-hydrogen) atoms. The maximum atomic E-state index is 12.9. The van der Waals surface area contributed by atoms with Crippen molar-refractivity contribution in [1.29, 1.82) is 0 Å². The summed E-state index contributed by atoms with van der Waals surface area (Å²) in [6.07, 6.45) is 6.65. The van der Waals surface area contributed by atoms with Crippen molar-refractivity contribution >= 4 is 34.3 Å². The summed E-state index contributed by atoms with van der Waals surface area (Å²) in [6.45, 7) is 12.6. The predicted molar refractivity (Wildman–Crippen MR) is 192 cm³/mol. The first-order chi connectivity index (χ1) is 23.3. The average Bonchev–Trinajstić information content (AvgIpc) is 3.87. The first-order valence-corrected chi connectivity index (χ1v) is 17.9. The summed E-state index contributed by atoms with van der Waals surface area (Å²) in [5.41, 5.74) is 2.95. The number of likely N-dealkylation sites (tertiary alicyclic amines) is 2. The van der Waals surface area contributed by atoms with Gasteiger partial charge in [0.2, 0.25) is 0 Å². The number of hydrogen-bond donors (Lipinski definition) is 2. The lowest BCUT2D eigenvalue weighted by atomic mass is 9.98. The van der Waals surface area contributed by atoms with Crippen LogP contribution in [0.3, 0.4) is 0 Å². The lowest BCUT2D eigenvalue weighted by Gasteiger charge is -2.27. The van der Waals surface area contributed by atoms with E-state index in [1.54, 1.807) is 21.1 Å². The molecule has 2 aliphatic heterocycles. The Labute approximate surface area is 290 Å². The molecule has 0 aliphatic carbocycles. The number of fused-ring (bicyclic) bond motifs is 1. The number of H-pyrrole nitrogens is 2. The van der Waals surface area contributed by atoms with Gasteiger partial charge in [0, 0.05) is 23.5 Å². The predicted octanol–water partition coefficient (Wildman–Crippen LogP) is 9.49. The summed E-state index contributed by atoms with van der Waals surface area (Å²) >= 11 is 1.71. The summed E-state index contributed by atoms with van der Waals surface area (Å²) in [6, 6.07) is 16.8. The standard InChI is InChI=1S/C38H44N6O4S/c1-37(2,3)47-35(45)43-19-9-15-29(43)33-39-21-27(41-33)25-13-7-12-24-23(25)11-8-14-26(24)31-17-18-32(49-31)28-22-40-34(42-28)30-16-10-20-44(30)36(46)48-38(4,5)6/h7-8,11-14,17-18,21-22,29-30H,9-10,15-16,19-20H2,1-6H3,(H,39,41)(H,40,42)/t29-,30?/m1/s1. The number of amides is 2. The fraction of sp³-hybridized carbons (Fsp3) is 0.421. The number of nitrogens with one attached hydrogen (secondary N) is 2. The van der Waals surface area contributed by atoms with Crippen LogP contribution in [0.25, 0.3) is 43.0 Å². The van der Waals surface area contributed by atoms with Crippen molar-refractivity contribution in [2.45, 2.75) is 90.5 Å². The third-order valence-corrected chi connectivity index (χ3v) is 10.1. The minimum Gasteiger partial charge on any atom is -0.444 e. The summed E-state index contributed by atoms with van der Waals surface area (Å²) < 4.78 is 11.3. The first-order valence-electron chi connectivity index (χ1n) is 17.1. The number of benzene rings is 2. The molecule has 0 bridgehead atoms. The Morgan fingerprint density at radius 3 is 1.76 bits per heavy atom. The van der Waals surface area contributed by atoms with Crippen molar-refractivity contribution in [1.82, 2.24) is 29.7 Å². The van der Waals surface area contributed by atoms with E-state index in [1.807, 2.05) is 53.9 Å². The Morgan fingerprint density at radius 1 is 0.694 bits per heavy atom. The number of hydrogen-bond acceptors (Lipinski definition) is 7. The molecule has 2 atom stereocenters. The summed E-state index contributed by atoms with van der Waals surface area (Å²) in [5, 5.41) is 2.26. The number of imidazole rings is 2. The van der Waals surface area contributed by atoms with E-state index >= 15 is 0 Å². The molecule has 2 saturated heterocycles. The van der Waals surface area contributed by atoms with Crippen LogP contribution in [0.2, 0.25) is 0 Å². The number of carbonyl (C=O) groups is 2. The van der Waals surface area contributed by atoms with Crippen molar-refractivity contribution in [2.75, 3.05) is 13.1 Å². The summed E-state index contributed by atoms with van der Waals surface area (Å²) in [4.78, 5) is 48.1. The van der Waals surface area contributed by atoms with Gasteiger partial charge in [-0.3, -0.25) is 9.80 Å². The Hall–Kier alpha value is -4.64. The number of nitrogens with zero attached hydrogens (tertiary/aromatic N) is 4. The fourth-order valence-electron chi connectivity index (χ4n) is 6.84. The second kappa shape index (κ2) is 12.7. The molecular formula is C38H44N6O4S. The van der Waals surface area contributed by atoms with E-state index < -0.39 is 11.2 Å². The number of aromatic amines is 2. The highest BCUT2D eigenvalue weighted by Crippen LogP contribution is 2.41. The summed E-state index contributed by atoms with van der Waals surface area (Å²) in [7, 11) is 0. The zero-order chi connectivity index (χ0) is 34.5. The van der Waals surface area contributed by atoms with Crippen LogP contribution >= 0.6 is 11.3 Å². The van der Waals surface area contributed by atoms with E-state index in [1.165, 1.54) is 0 Å². The lowest BCUT2D eigenvalue weighted by Crippen LogP contribution is -2.36. The molecule has 0 saturated carbocycles. The van der Waals surface area contributed by atoms with Gasteiger partial charge in [0.15, 0.2) is 0 Å². The zero-order valence-electron chi connectivity index (χ0n) is 29.0. The van der Waals surface area contributed by atoms with Crippen LogP contribution in [-0.2, 0) is 9.47 Å². The highest BCUT2D eigenvalue weighted by Gasteiger charge is 2.36. The van der Waals surface area contributed by atoms with E-state index in [4.69, 9.17) is 19.4 Å². The molecule has 2 aliphatic rings. The van der Waals surface area contributed by atoms with Crippen LogP contribution in [0, 0.1) is 0 Å². The van der Waals surface area contributed by atoms with Gasteiger partial charge in [-0.05, 0) is 95.7 Å². The molecular weight excluding hydrogens is 637 g/mol. The van der Waals surface area contributed by atoms with Gasteiger partial charge in [0.1, 0.15) is 22.9 Å². The van der Waals surface area contributed by atoms with E-state index in [0.717, 1.165) is 80.4 Å². The van der Waals surface area contributed by atoms with Crippen LogP contribution in [0.15, 0.2) is 60.9 Å². The Balaban J connectivity index is 1.13. The highest BCUT2D eigenvalue weighted by molar-refractivity contribution is 7.18. The molecule has 2 N–H and O–H groups in total. The molecule has 0 radical (unpaired) electrons. The Bertz CT molecular complexity index is 2000. The third-order valence-electron chi connectivity index (χ3n) is 8.93. The van der Waals surface area contributed by atoms with Gasteiger partial charge in [-0.1, -0.05) is 36.4 Å².